The minimum atomic E-state index is -0.182. The van der Waals surface area contributed by atoms with Gasteiger partial charge in [0.05, 0.1) is 23.4 Å². The second-order valence-corrected chi connectivity index (χ2v) is 10.4. The Balaban J connectivity index is 1.15. The van der Waals surface area contributed by atoms with Gasteiger partial charge in [-0.25, -0.2) is 4.98 Å². The van der Waals surface area contributed by atoms with Crippen LogP contribution in [0.25, 0.3) is 16.2 Å². The number of amides is 1. The number of carbonyl (C=O) groups is 1. The smallest absolute Gasteiger partial charge is 0.268 e. The first kappa shape index (κ1) is 23.7. The van der Waals surface area contributed by atoms with Crippen LogP contribution in [0.3, 0.4) is 0 Å². The van der Waals surface area contributed by atoms with Crippen molar-refractivity contribution in [2.45, 2.75) is 26.8 Å². The molecule has 0 bridgehead atoms. The summed E-state index contributed by atoms with van der Waals surface area (Å²) in [5.41, 5.74) is 4.32. The molecule has 1 aromatic carbocycles. The Kier molecular flexibility index (Phi) is 5.96. The fraction of sp³-hybridized carbons (Fsp3) is 0.385. The van der Waals surface area contributed by atoms with Crippen molar-refractivity contribution >= 4 is 22.2 Å². The first-order chi connectivity index (χ1) is 17.9. The molecule has 1 fully saturated rings. The van der Waals surface area contributed by atoms with Crippen LogP contribution >= 0.6 is 11.3 Å². The number of nitrogens with zero attached hydrogens (tertiary/aromatic N) is 6. The van der Waals surface area contributed by atoms with Gasteiger partial charge in [-0.3, -0.25) is 23.6 Å². The number of carbonyl (C=O) groups excluding carboxylic acids is 1. The Morgan fingerprint density at radius 3 is 2.62 bits per heavy atom. The Bertz CT molecular complexity index is 1540. The van der Waals surface area contributed by atoms with Crippen LogP contribution in [0.4, 0.5) is 0 Å². The Labute approximate surface area is 217 Å². The molecule has 37 heavy (non-hydrogen) atoms. The van der Waals surface area contributed by atoms with Gasteiger partial charge in [0.15, 0.2) is 16.5 Å². The van der Waals surface area contributed by atoms with E-state index in [1.807, 2.05) is 49.4 Å². The van der Waals surface area contributed by atoms with Crippen LogP contribution < -0.4 is 15.0 Å². The predicted molar refractivity (Wildman–Crippen MR) is 139 cm³/mol. The number of aromatic nitrogens is 4. The maximum Gasteiger partial charge on any atom is 0.268 e. The van der Waals surface area contributed by atoms with Gasteiger partial charge in [0.25, 0.3) is 5.56 Å². The first-order valence-electron chi connectivity index (χ1n) is 12.3. The molecule has 6 rings (SSSR count). The van der Waals surface area contributed by atoms with Crippen LogP contribution in [0.2, 0.25) is 0 Å². The molecular formula is C26H28N6O4S. The maximum atomic E-state index is 13.5. The van der Waals surface area contributed by atoms with E-state index in [1.165, 1.54) is 11.3 Å². The van der Waals surface area contributed by atoms with Crippen molar-refractivity contribution in [1.29, 1.82) is 0 Å². The average molecular weight is 521 g/mol. The highest BCUT2D eigenvalue weighted by molar-refractivity contribution is 7.15. The quantitative estimate of drug-likeness (QED) is 0.399. The third-order valence-electron chi connectivity index (χ3n) is 7.09. The van der Waals surface area contributed by atoms with E-state index in [0.717, 1.165) is 42.4 Å². The summed E-state index contributed by atoms with van der Waals surface area (Å²) < 4.78 is 14.2. The summed E-state index contributed by atoms with van der Waals surface area (Å²) in [4.78, 5) is 36.2. The monoisotopic (exact) mass is 520 g/mol. The number of fused-ring (bicyclic) bond motifs is 2. The zero-order valence-electron chi connectivity index (χ0n) is 21.1. The molecule has 0 radical (unpaired) electrons. The van der Waals surface area contributed by atoms with E-state index in [-0.39, 0.29) is 24.7 Å². The minimum Gasteiger partial charge on any atom is -0.454 e. The van der Waals surface area contributed by atoms with Gasteiger partial charge in [-0.2, -0.15) is 5.10 Å². The van der Waals surface area contributed by atoms with E-state index in [0.29, 0.717) is 40.7 Å². The average Bonchev–Trinajstić information content (AvgIpc) is 3.58. The van der Waals surface area contributed by atoms with E-state index in [2.05, 4.69) is 21.0 Å². The molecule has 1 amide bonds. The minimum absolute atomic E-state index is 0.0186. The Hall–Kier alpha value is -3.70. The summed E-state index contributed by atoms with van der Waals surface area (Å²) in [5.74, 6) is 1.59. The van der Waals surface area contributed by atoms with Crippen molar-refractivity contribution in [3.05, 3.63) is 62.6 Å². The highest BCUT2D eigenvalue weighted by atomic mass is 32.1. The summed E-state index contributed by atoms with van der Waals surface area (Å²) in [6, 6.07) is 7.91. The van der Waals surface area contributed by atoms with Crippen molar-refractivity contribution in [2.24, 2.45) is 7.05 Å². The number of ether oxygens (including phenoxy) is 2. The molecule has 11 heteroatoms. The van der Waals surface area contributed by atoms with Crippen LogP contribution in [0.15, 0.2) is 34.4 Å². The SMILES string of the molecule is Cc1nc2scc(CC(=O)N3CCN(Cc4ccc5c(c4)OCO5)CC3)n2c(=O)c1-c1cc(C)n(C)n1. The number of hydrogen-bond acceptors (Lipinski definition) is 8. The number of rotatable bonds is 5. The summed E-state index contributed by atoms with van der Waals surface area (Å²) in [5, 5.41) is 6.35. The van der Waals surface area contributed by atoms with Gasteiger partial charge in [0, 0.05) is 56.5 Å². The highest BCUT2D eigenvalue weighted by Crippen LogP contribution is 2.33. The largest absolute Gasteiger partial charge is 0.454 e. The van der Waals surface area contributed by atoms with Gasteiger partial charge in [0.1, 0.15) is 0 Å². The zero-order chi connectivity index (χ0) is 25.7. The highest BCUT2D eigenvalue weighted by Gasteiger charge is 2.24. The molecule has 0 unspecified atom stereocenters. The second-order valence-electron chi connectivity index (χ2n) is 9.54. The summed E-state index contributed by atoms with van der Waals surface area (Å²) in [6.07, 6.45) is 0.160. The van der Waals surface area contributed by atoms with Crippen LogP contribution in [-0.4, -0.2) is 67.8 Å². The predicted octanol–water partition coefficient (Wildman–Crippen LogP) is 2.39. The van der Waals surface area contributed by atoms with Gasteiger partial charge >= 0.3 is 0 Å². The molecule has 0 atom stereocenters. The molecule has 2 aliphatic rings. The maximum absolute atomic E-state index is 13.5. The molecule has 4 aromatic rings. The van der Waals surface area contributed by atoms with E-state index in [4.69, 9.17) is 9.47 Å². The van der Waals surface area contributed by atoms with Gasteiger partial charge < -0.3 is 14.4 Å². The van der Waals surface area contributed by atoms with Gasteiger partial charge in [-0.05, 0) is 37.6 Å². The zero-order valence-corrected chi connectivity index (χ0v) is 21.9. The van der Waals surface area contributed by atoms with E-state index in [9.17, 15) is 9.59 Å². The molecule has 0 saturated carbocycles. The summed E-state index contributed by atoms with van der Waals surface area (Å²) in [7, 11) is 1.85. The number of aryl methyl sites for hydroxylation is 3. The number of thiazole rings is 1. The molecular weight excluding hydrogens is 492 g/mol. The van der Waals surface area contributed by atoms with Crippen LogP contribution in [-0.2, 0) is 24.8 Å². The molecule has 10 nitrogen and oxygen atoms in total. The van der Waals surface area contributed by atoms with E-state index in [1.54, 1.807) is 9.08 Å². The van der Waals surface area contributed by atoms with E-state index < -0.39 is 0 Å². The van der Waals surface area contributed by atoms with Crippen molar-refractivity contribution in [3.8, 4) is 22.8 Å². The van der Waals surface area contributed by atoms with E-state index >= 15 is 0 Å². The molecule has 2 aliphatic heterocycles. The third-order valence-corrected chi connectivity index (χ3v) is 7.97. The number of benzene rings is 1. The lowest BCUT2D eigenvalue weighted by atomic mass is 10.1. The topological polar surface area (TPSA) is 94.2 Å². The fourth-order valence-corrected chi connectivity index (χ4v) is 5.85. The van der Waals surface area contributed by atoms with Crippen LogP contribution in [0, 0.1) is 13.8 Å². The fourth-order valence-electron chi connectivity index (χ4n) is 4.93. The Morgan fingerprint density at radius 1 is 1.08 bits per heavy atom. The number of piperazine rings is 1. The van der Waals surface area contributed by atoms with Gasteiger partial charge in [-0.15, -0.1) is 11.3 Å². The molecule has 1 saturated heterocycles. The molecule has 0 spiro atoms. The normalized spacial score (nSPS) is 15.6. The van der Waals surface area contributed by atoms with Crippen LogP contribution in [0.5, 0.6) is 11.5 Å². The van der Waals surface area contributed by atoms with Crippen LogP contribution in [0.1, 0.15) is 22.6 Å². The lowest BCUT2D eigenvalue weighted by molar-refractivity contribution is -0.132. The summed E-state index contributed by atoms with van der Waals surface area (Å²) >= 11 is 1.38. The lowest BCUT2D eigenvalue weighted by Crippen LogP contribution is -2.48. The van der Waals surface area contributed by atoms with Crippen molar-refractivity contribution in [1.82, 2.24) is 29.0 Å². The standard InChI is InChI=1S/C26H28N6O4S/c1-16-10-20(28-29(16)3)24-17(2)27-26-32(25(24)34)19(14-37-26)12-23(33)31-8-6-30(7-9-31)13-18-4-5-21-22(11-18)36-15-35-21/h4-5,10-11,14H,6-9,12-13,15H2,1-3H3. The summed E-state index contributed by atoms with van der Waals surface area (Å²) in [6.45, 7) is 7.71. The van der Waals surface area contributed by atoms with Crippen molar-refractivity contribution in [3.63, 3.8) is 0 Å². The van der Waals surface area contributed by atoms with Gasteiger partial charge in [-0.1, -0.05) is 6.07 Å². The van der Waals surface area contributed by atoms with Crippen molar-refractivity contribution in [2.75, 3.05) is 33.0 Å². The molecule has 5 heterocycles. The van der Waals surface area contributed by atoms with Gasteiger partial charge in [0.2, 0.25) is 12.7 Å². The van der Waals surface area contributed by atoms with Crippen molar-refractivity contribution < 1.29 is 14.3 Å². The lowest BCUT2D eigenvalue weighted by Gasteiger charge is -2.34. The molecule has 0 N–H and O–H groups in total. The Morgan fingerprint density at radius 2 is 1.86 bits per heavy atom. The number of hydrogen-bond donors (Lipinski definition) is 0. The second kappa shape index (κ2) is 9.31. The molecule has 192 valence electrons. The molecule has 0 aliphatic carbocycles. The molecule has 3 aromatic heterocycles. The third kappa shape index (κ3) is 4.38. The first-order valence-corrected chi connectivity index (χ1v) is 13.1.